The van der Waals surface area contributed by atoms with Crippen LogP contribution in [-0.4, -0.2) is 16.7 Å². The molecule has 1 aromatic heterocycles. The quantitative estimate of drug-likeness (QED) is 0.693. The largest absolute Gasteiger partial charge is 0.310 e. The number of aromatic nitrogens is 1. The molecule has 68 valence electrons. The highest BCUT2D eigenvalue weighted by Crippen LogP contribution is 2.11. The van der Waals surface area contributed by atoms with E-state index in [1.165, 1.54) is 20.0 Å². The molecule has 0 aliphatic rings. The van der Waals surface area contributed by atoms with Crippen molar-refractivity contribution >= 4 is 17.5 Å². The summed E-state index contributed by atoms with van der Waals surface area (Å²) >= 11 is 0. The molecule has 0 unspecified atom stereocenters. The van der Waals surface area contributed by atoms with E-state index in [0.29, 0.717) is 11.4 Å². The molecular formula is C9H10N2O2. The molecule has 4 heteroatoms. The van der Waals surface area contributed by atoms with E-state index in [4.69, 9.17) is 0 Å². The summed E-state index contributed by atoms with van der Waals surface area (Å²) in [5.41, 5.74) is 0.428. The minimum absolute atomic E-state index is 0.114. The van der Waals surface area contributed by atoms with Gasteiger partial charge in [0, 0.05) is 13.1 Å². The van der Waals surface area contributed by atoms with Crippen molar-refractivity contribution in [2.45, 2.75) is 13.8 Å². The van der Waals surface area contributed by atoms with Gasteiger partial charge in [0.05, 0.1) is 5.56 Å². The number of ketones is 1. The van der Waals surface area contributed by atoms with Gasteiger partial charge in [-0.1, -0.05) is 0 Å². The van der Waals surface area contributed by atoms with Gasteiger partial charge in [-0.05, 0) is 19.1 Å². The second-order valence-corrected chi connectivity index (χ2v) is 2.64. The van der Waals surface area contributed by atoms with E-state index in [1.807, 2.05) is 0 Å². The van der Waals surface area contributed by atoms with E-state index < -0.39 is 0 Å². The number of nitrogens with one attached hydrogen (secondary N) is 1. The average Bonchev–Trinajstić information content (AvgIpc) is 2.03. The zero-order valence-corrected chi connectivity index (χ0v) is 7.50. The summed E-state index contributed by atoms with van der Waals surface area (Å²) in [5.74, 6) is -0.0273. The summed E-state index contributed by atoms with van der Waals surface area (Å²) in [4.78, 5) is 25.7. The monoisotopic (exact) mass is 178 g/mol. The SMILES string of the molecule is CC(=O)Nc1ncccc1C(C)=O. The van der Waals surface area contributed by atoms with Gasteiger partial charge >= 0.3 is 0 Å². The molecule has 0 spiro atoms. The smallest absolute Gasteiger partial charge is 0.222 e. The molecule has 13 heavy (non-hydrogen) atoms. The van der Waals surface area contributed by atoms with Crippen molar-refractivity contribution in [2.24, 2.45) is 0 Å². The van der Waals surface area contributed by atoms with Gasteiger partial charge in [-0.2, -0.15) is 0 Å². The summed E-state index contributed by atoms with van der Waals surface area (Å²) in [5, 5.41) is 2.48. The number of nitrogens with zero attached hydrogens (tertiary/aromatic N) is 1. The summed E-state index contributed by atoms with van der Waals surface area (Å²) in [6.07, 6.45) is 1.53. The minimum Gasteiger partial charge on any atom is -0.310 e. The maximum Gasteiger partial charge on any atom is 0.222 e. The Labute approximate surface area is 76.0 Å². The summed E-state index contributed by atoms with van der Waals surface area (Å²) < 4.78 is 0. The van der Waals surface area contributed by atoms with Crippen LogP contribution >= 0.6 is 0 Å². The van der Waals surface area contributed by atoms with Crippen LogP contribution < -0.4 is 5.32 Å². The molecule has 1 heterocycles. The van der Waals surface area contributed by atoms with Crippen LogP contribution in [0.25, 0.3) is 0 Å². The molecule has 1 rings (SSSR count). The Bertz CT molecular complexity index is 347. The van der Waals surface area contributed by atoms with Gasteiger partial charge in [0.1, 0.15) is 5.82 Å². The zero-order chi connectivity index (χ0) is 9.84. The molecule has 4 nitrogen and oxygen atoms in total. The fourth-order valence-corrected chi connectivity index (χ4v) is 0.956. The Balaban J connectivity index is 3.04. The molecule has 0 saturated carbocycles. The maximum atomic E-state index is 11.1. The number of pyridine rings is 1. The number of amides is 1. The third-order valence-electron chi connectivity index (χ3n) is 1.48. The van der Waals surface area contributed by atoms with Gasteiger partial charge in [0.2, 0.25) is 5.91 Å². The maximum absolute atomic E-state index is 11.1. The standard InChI is InChI=1S/C9H10N2O2/c1-6(12)8-4-3-5-10-9(8)11-7(2)13/h3-5H,1-2H3,(H,10,11,13). The van der Waals surface area contributed by atoms with E-state index >= 15 is 0 Å². The van der Waals surface area contributed by atoms with Crippen molar-refractivity contribution in [1.82, 2.24) is 4.98 Å². The van der Waals surface area contributed by atoms with Crippen molar-refractivity contribution in [3.05, 3.63) is 23.9 Å². The molecule has 1 amide bonds. The number of rotatable bonds is 2. The Hall–Kier alpha value is -1.71. The molecule has 1 aromatic rings. The van der Waals surface area contributed by atoms with Crippen LogP contribution in [-0.2, 0) is 4.79 Å². The van der Waals surface area contributed by atoms with Gasteiger partial charge < -0.3 is 5.32 Å². The van der Waals surface area contributed by atoms with Crippen LogP contribution in [0.4, 0.5) is 5.82 Å². The molecule has 0 aromatic carbocycles. The Morgan fingerprint density at radius 1 is 1.38 bits per heavy atom. The van der Waals surface area contributed by atoms with Crippen molar-refractivity contribution in [1.29, 1.82) is 0 Å². The predicted molar refractivity (Wildman–Crippen MR) is 48.5 cm³/mol. The van der Waals surface area contributed by atoms with E-state index in [2.05, 4.69) is 10.3 Å². The Kier molecular flexibility index (Phi) is 2.74. The number of hydrogen-bond donors (Lipinski definition) is 1. The predicted octanol–water partition coefficient (Wildman–Crippen LogP) is 1.24. The van der Waals surface area contributed by atoms with E-state index in [1.54, 1.807) is 12.1 Å². The third kappa shape index (κ3) is 2.37. The molecule has 0 saturated heterocycles. The first-order valence-corrected chi connectivity index (χ1v) is 3.85. The second kappa shape index (κ2) is 3.80. The van der Waals surface area contributed by atoms with Crippen molar-refractivity contribution < 1.29 is 9.59 Å². The first kappa shape index (κ1) is 9.38. The topological polar surface area (TPSA) is 59.1 Å². The van der Waals surface area contributed by atoms with Crippen LogP contribution in [0.3, 0.4) is 0 Å². The number of hydrogen-bond acceptors (Lipinski definition) is 3. The van der Waals surface area contributed by atoms with Crippen LogP contribution in [0.2, 0.25) is 0 Å². The third-order valence-corrected chi connectivity index (χ3v) is 1.48. The molecule has 0 aliphatic carbocycles. The van der Waals surface area contributed by atoms with Crippen LogP contribution in [0, 0.1) is 0 Å². The van der Waals surface area contributed by atoms with Crippen molar-refractivity contribution in [3.8, 4) is 0 Å². The Morgan fingerprint density at radius 2 is 2.08 bits per heavy atom. The normalized spacial score (nSPS) is 9.38. The van der Waals surface area contributed by atoms with Crippen LogP contribution in [0.5, 0.6) is 0 Å². The molecule has 0 bridgehead atoms. The highest BCUT2D eigenvalue weighted by molar-refractivity contribution is 6.02. The van der Waals surface area contributed by atoms with E-state index in [-0.39, 0.29) is 11.7 Å². The van der Waals surface area contributed by atoms with Gasteiger partial charge in [0.15, 0.2) is 5.78 Å². The average molecular weight is 178 g/mol. The summed E-state index contributed by atoms with van der Waals surface area (Å²) in [6.45, 7) is 2.81. The molecule has 0 fully saturated rings. The number of carbonyl (C=O) groups excluding carboxylic acids is 2. The van der Waals surface area contributed by atoms with Gasteiger partial charge in [-0.3, -0.25) is 9.59 Å². The lowest BCUT2D eigenvalue weighted by Crippen LogP contribution is -2.11. The van der Waals surface area contributed by atoms with Gasteiger partial charge in [0.25, 0.3) is 0 Å². The number of Topliss-reactive ketones (excluding diaryl/α,β-unsaturated/α-hetero) is 1. The zero-order valence-electron chi connectivity index (χ0n) is 7.50. The van der Waals surface area contributed by atoms with Crippen molar-refractivity contribution in [2.75, 3.05) is 5.32 Å². The molecule has 0 atom stereocenters. The summed E-state index contributed by atoms with van der Waals surface area (Å²) in [7, 11) is 0. The highest BCUT2D eigenvalue weighted by Gasteiger charge is 2.07. The van der Waals surface area contributed by atoms with Crippen LogP contribution in [0.1, 0.15) is 24.2 Å². The molecule has 0 aliphatic heterocycles. The first-order chi connectivity index (χ1) is 6.11. The molecule has 1 N–H and O–H groups in total. The lowest BCUT2D eigenvalue weighted by atomic mass is 10.2. The number of carbonyl (C=O) groups is 2. The fourth-order valence-electron chi connectivity index (χ4n) is 0.956. The lowest BCUT2D eigenvalue weighted by molar-refractivity contribution is -0.114. The molecule has 0 radical (unpaired) electrons. The van der Waals surface area contributed by atoms with Gasteiger partial charge in [-0.15, -0.1) is 0 Å². The van der Waals surface area contributed by atoms with Gasteiger partial charge in [-0.25, -0.2) is 4.98 Å². The van der Waals surface area contributed by atoms with E-state index in [0.717, 1.165) is 0 Å². The highest BCUT2D eigenvalue weighted by atomic mass is 16.1. The lowest BCUT2D eigenvalue weighted by Gasteiger charge is -2.04. The fraction of sp³-hybridized carbons (Fsp3) is 0.222. The number of anilines is 1. The van der Waals surface area contributed by atoms with Crippen LogP contribution in [0.15, 0.2) is 18.3 Å². The first-order valence-electron chi connectivity index (χ1n) is 3.85. The van der Waals surface area contributed by atoms with Crippen molar-refractivity contribution in [3.63, 3.8) is 0 Å². The molecular weight excluding hydrogens is 168 g/mol. The Morgan fingerprint density at radius 3 is 2.62 bits per heavy atom. The second-order valence-electron chi connectivity index (χ2n) is 2.64. The van der Waals surface area contributed by atoms with E-state index in [9.17, 15) is 9.59 Å². The minimum atomic E-state index is -0.235. The summed E-state index contributed by atoms with van der Waals surface area (Å²) in [6, 6.07) is 3.28.